The second kappa shape index (κ2) is 6.77. The summed E-state index contributed by atoms with van der Waals surface area (Å²) in [5.41, 5.74) is -1.16. The molecule has 0 radical (unpaired) electrons. The molecule has 2 rings (SSSR count). The highest BCUT2D eigenvalue weighted by Gasteiger charge is 2.34. The average molecular weight is 304 g/mol. The van der Waals surface area contributed by atoms with Gasteiger partial charge in [0.15, 0.2) is 0 Å². The van der Waals surface area contributed by atoms with E-state index in [1.165, 1.54) is 18.9 Å². The molecule has 21 heavy (non-hydrogen) atoms. The van der Waals surface area contributed by atoms with Gasteiger partial charge in [0.25, 0.3) is 0 Å². The number of hydrogen-bond acceptors (Lipinski definition) is 1. The van der Waals surface area contributed by atoms with Crippen molar-refractivity contribution in [3.8, 4) is 0 Å². The molecular formula is C16H20F4O. The summed E-state index contributed by atoms with van der Waals surface area (Å²) in [6.45, 7) is 0. The van der Waals surface area contributed by atoms with Crippen molar-refractivity contribution in [2.75, 3.05) is 0 Å². The molecule has 0 aromatic heterocycles. The molecule has 1 aromatic carbocycles. The summed E-state index contributed by atoms with van der Waals surface area (Å²) in [4.78, 5) is 0. The van der Waals surface area contributed by atoms with Crippen molar-refractivity contribution in [2.24, 2.45) is 5.92 Å². The van der Waals surface area contributed by atoms with Crippen molar-refractivity contribution in [3.05, 3.63) is 35.1 Å². The zero-order valence-corrected chi connectivity index (χ0v) is 11.8. The summed E-state index contributed by atoms with van der Waals surface area (Å²) in [5, 5.41) is 10.2. The van der Waals surface area contributed by atoms with E-state index in [4.69, 9.17) is 0 Å². The van der Waals surface area contributed by atoms with Gasteiger partial charge in [0.1, 0.15) is 5.82 Å². The number of halogens is 4. The lowest BCUT2D eigenvalue weighted by Gasteiger charge is -2.20. The summed E-state index contributed by atoms with van der Waals surface area (Å²) in [6.07, 6.45) is 1.33. The molecule has 0 bridgehead atoms. The minimum atomic E-state index is -4.73. The normalized spacial score (nSPS) is 19.3. The van der Waals surface area contributed by atoms with Gasteiger partial charge >= 0.3 is 6.18 Å². The van der Waals surface area contributed by atoms with E-state index in [0.717, 1.165) is 37.8 Å². The summed E-state index contributed by atoms with van der Waals surface area (Å²) < 4.78 is 51.3. The Labute approximate surface area is 122 Å². The minimum absolute atomic E-state index is 0.146. The van der Waals surface area contributed by atoms with Crippen LogP contribution in [0.15, 0.2) is 18.2 Å². The topological polar surface area (TPSA) is 20.2 Å². The van der Waals surface area contributed by atoms with E-state index in [1.807, 2.05) is 0 Å². The van der Waals surface area contributed by atoms with E-state index in [-0.39, 0.29) is 5.56 Å². The fourth-order valence-corrected chi connectivity index (χ4v) is 3.02. The van der Waals surface area contributed by atoms with Gasteiger partial charge in [0.05, 0.1) is 11.7 Å². The van der Waals surface area contributed by atoms with Crippen molar-refractivity contribution < 1.29 is 22.7 Å². The van der Waals surface area contributed by atoms with E-state index in [1.54, 1.807) is 0 Å². The van der Waals surface area contributed by atoms with Crippen LogP contribution in [0.5, 0.6) is 0 Å². The first-order valence-corrected chi connectivity index (χ1v) is 7.42. The predicted octanol–water partition coefficient (Wildman–Crippen LogP) is 5.24. The van der Waals surface area contributed by atoms with Crippen LogP contribution in [0.3, 0.4) is 0 Å². The Bertz CT molecular complexity index is 462. The van der Waals surface area contributed by atoms with Crippen molar-refractivity contribution >= 4 is 0 Å². The SMILES string of the molecule is OC(CC1CCCCCC1)c1ccc(F)c(C(F)(F)F)c1. The first-order valence-electron chi connectivity index (χ1n) is 7.42. The van der Waals surface area contributed by atoms with Gasteiger partial charge < -0.3 is 5.11 Å². The highest BCUT2D eigenvalue weighted by molar-refractivity contribution is 5.28. The van der Waals surface area contributed by atoms with E-state index in [0.29, 0.717) is 12.3 Å². The van der Waals surface area contributed by atoms with Crippen LogP contribution in [0.4, 0.5) is 17.6 Å². The zero-order chi connectivity index (χ0) is 15.5. The van der Waals surface area contributed by atoms with Gasteiger partial charge in [0, 0.05) is 0 Å². The average Bonchev–Trinajstić information content (AvgIpc) is 2.66. The third-order valence-electron chi connectivity index (χ3n) is 4.21. The summed E-state index contributed by atoms with van der Waals surface area (Å²) in [7, 11) is 0. The third-order valence-corrected chi connectivity index (χ3v) is 4.21. The molecule has 0 spiro atoms. The number of alkyl halides is 3. The molecule has 1 aliphatic rings. The number of hydrogen-bond donors (Lipinski definition) is 1. The van der Waals surface area contributed by atoms with Crippen LogP contribution >= 0.6 is 0 Å². The number of aliphatic hydroxyl groups is 1. The van der Waals surface area contributed by atoms with Crippen molar-refractivity contribution in [1.29, 1.82) is 0 Å². The molecule has 1 atom stereocenters. The summed E-state index contributed by atoms with van der Waals surface area (Å²) in [6, 6.07) is 2.76. The lowest BCUT2D eigenvalue weighted by Crippen LogP contribution is -2.11. The molecule has 0 amide bonds. The van der Waals surface area contributed by atoms with Gasteiger partial charge in [-0.05, 0) is 30.0 Å². The van der Waals surface area contributed by atoms with Crippen LogP contribution in [0.2, 0.25) is 0 Å². The van der Waals surface area contributed by atoms with Gasteiger partial charge in [-0.15, -0.1) is 0 Å². The molecule has 1 aromatic rings. The van der Waals surface area contributed by atoms with Gasteiger partial charge in [-0.1, -0.05) is 44.6 Å². The molecule has 0 saturated heterocycles. The Morgan fingerprint density at radius 3 is 2.29 bits per heavy atom. The maximum Gasteiger partial charge on any atom is 0.419 e. The van der Waals surface area contributed by atoms with Crippen molar-refractivity contribution in [2.45, 2.75) is 57.2 Å². The molecule has 118 valence electrons. The van der Waals surface area contributed by atoms with Gasteiger partial charge in [0.2, 0.25) is 0 Å². The highest BCUT2D eigenvalue weighted by Crippen LogP contribution is 2.35. The Hall–Kier alpha value is -1.10. The summed E-state index contributed by atoms with van der Waals surface area (Å²) in [5.74, 6) is -0.963. The van der Waals surface area contributed by atoms with Crippen LogP contribution < -0.4 is 0 Å². The molecule has 1 unspecified atom stereocenters. The molecular weight excluding hydrogens is 284 g/mol. The van der Waals surface area contributed by atoms with Crippen LogP contribution in [0.25, 0.3) is 0 Å². The van der Waals surface area contributed by atoms with Gasteiger partial charge in [-0.2, -0.15) is 13.2 Å². The second-order valence-electron chi connectivity index (χ2n) is 5.85. The largest absolute Gasteiger partial charge is 0.419 e. The van der Waals surface area contributed by atoms with E-state index < -0.39 is 23.7 Å². The first-order chi connectivity index (χ1) is 9.88. The Morgan fingerprint density at radius 1 is 1.10 bits per heavy atom. The fourth-order valence-electron chi connectivity index (χ4n) is 3.02. The lowest BCUT2D eigenvalue weighted by molar-refractivity contribution is -0.140. The Morgan fingerprint density at radius 2 is 1.71 bits per heavy atom. The smallest absolute Gasteiger partial charge is 0.388 e. The number of benzene rings is 1. The molecule has 0 heterocycles. The van der Waals surface area contributed by atoms with Crippen molar-refractivity contribution in [3.63, 3.8) is 0 Å². The predicted molar refractivity (Wildman–Crippen MR) is 72.2 cm³/mol. The standard InChI is InChI=1S/C16H20F4O/c17-14-8-7-12(10-13(14)16(18,19)20)15(21)9-11-5-3-1-2-4-6-11/h7-8,10-11,15,21H,1-6,9H2. The summed E-state index contributed by atoms with van der Waals surface area (Å²) >= 11 is 0. The Balaban J connectivity index is 2.10. The molecule has 1 aliphatic carbocycles. The molecule has 0 aliphatic heterocycles. The minimum Gasteiger partial charge on any atom is -0.388 e. The van der Waals surface area contributed by atoms with Crippen LogP contribution in [-0.2, 0) is 6.18 Å². The van der Waals surface area contributed by atoms with Gasteiger partial charge in [-0.3, -0.25) is 0 Å². The fraction of sp³-hybridized carbons (Fsp3) is 0.625. The molecule has 1 nitrogen and oxygen atoms in total. The lowest BCUT2D eigenvalue weighted by atomic mass is 9.90. The van der Waals surface area contributed by atoms with Crippen LogP contribution in [-0.4, -0.2) is 5.11 Å². The van der Waals surface area contributed by atoms with Crippen molar-refractivity contribution in [1.82, 2.24) is 0 Å². The first kappa shape index (κ1) is 16.3. The number of rotatable bonds is 3. The van der Waals surface area contributed by atoms with E-state index >= 15 is 0 Å². The molecule has 1 saturated carbocycles. The number of aliphatic hydroxyl groups excluding tert-OH is 1. The molecule has 1 fully saturated rings. The maximum absolute atomic E-state index is 13.2. The van der Waals surface area contributed by atoms with Crippen LogP contribution in [0.1, 0.15) is 62.2 Å². The van der Waals surface area contributed by atoms with E-state index in [9.17, 15) is 22.7 Å². The van der Waals surface area contributed by atoms with Crippen LogP contribution in [0, 0.1) is 11.7 Å². The van der Waals surface area contributed by atoms with Gasteiger partial charge in [-0.25, -0.2) is 4.39 Å². The highest BCUT2D eigenvalue weighted by atomic mass is 19.4. The maximum atomic E-state index is 13.2. The quantitative estimate of drug-likeness (QED) is 0.598. The molecule has 5 heteroatoms. The monoisotopic (exact) mass is 304 g/mol. The zero-order valence-electron chi connectivity index (χ0n) is 11.8. The molecule has 1 N–H and O–H groups in total. The second-order valence-corrected chi connectivity index (χ2v) is 5.85. The van der Waals surface area contributed by atoms with E-state index in [2.05, 4.69) is 0 Å². The third kappa shape index (κ3) is 4.43. The Kier molecular flexibility index (Phi) is 5.25.